The number of Topliss-reactive ketones (excluding diaryl/α,β-unsaturated/α-hetero) is 2. The second-order valence-electron chi connectivity index (χ2n) is 13.5. The molecule has 0 saturated heterocycles. The van der Waals surface area contributed by atoms with E-state index in [0.29, 0.717) is 30.9 Å². The predicted molar refractivity (Wildman–Crippen MR) is 166 cm³/mol. The second kappa shape index (κ2) is 11.1. The minimum Gasteiger partial charge on any atom is -0.493 e. The maximum absolute atomic E-state index is 14.0. The van der Waals surface area contributed by atoms with Gasteiger partial charge < -0.3 is 14.4 Å². The van der Waals surface area contributed by atoms with E-state index in [9.17, 15) is 9.59 Å². The van der Waals surface area contributed by atoms with Crippen LogP contribution in [0.5, 0.6) is 11.5 Å². The van der Waals surface area contributed by atoms with Crippen molar-refractivity contribution < 1.29 is 19.1 Å². The molecule has 0 radical (unpaired) electrons. The molecule has 6 heteroatoms. The Kier molecular flexibility index (Phi) is 8.01. The van der Waals surface area contributed by atoms with Crippen LogP contribution in [-0.2, 0) is 16.2 Å². The highest BCUT2D eigenvalue weighted by Crippen LogP contribution is 2.55. The van der Waals surface area contributed by atoms with Crippen LogP contribution < -0.4 is 9.47 Å². The maximum Gasteiger partial charge on any atom is 0.175 e. The summed E-state index contributed by atoms with van der Waals surface area (Å²) < 4.78 is 12.8. The zero-order valence-corrected chi connectivity index (χ0v) is 27.0. The fourth-order valence-electron chi connectivity index (χ4n) is 6.76. The minimum absolute atomic E-state index is 0.134. The molecule has 0 aromatic heterocycles. The Morgan fingerprint density at radius 2 is 1.46 bits per heavy atom. The number of hydrogen-bond acceptors (Lipinski definition) is 5. The van der Waals surface area contributed by atoms with E-state index >= 15 is 0 Å². The number of rotatable bonds is 7. The van der Waals surface area contributed by atoms with Gasteiger partial charge in [-0.1, -0.05) is 64.4 Å². The lowest BCUT2D eigenvalue weighted by Crippen LogP contribution is -2.44. The molecule has 0 bridgehead atoms. The number of ether oxygens (including phenoxy) is 2. The summed E-state index contributed by atoms with van der Waals surface area (Å²) in [4.78, 5) is 30.3. The molecule has 5 rings (SSSR count). The van der Waals surface area contributed by atoms with Crippen molar-refractivity contribution in [2.75, 3.05) is 13.7 Å². The van der Waals surface area contributed by atoms with Crippen molar-refractivity contribution in [1.82, 2.24) is 4.90 Å². The van der Waals surface area contributed by atoms with E-state index in [4.69, 9.17) is 9.47 Å². The highest BCUT2D eigenvalue weighted by molar-refractivity contribution is 9.10. The first-order chi connectivity index (χ1) is 19.3. The fourth-order valence-corrected chi connectivity index (χ4v) is 7.34. The van der Waals surface area contributed by atoms with Gasteiger partial charge in [-0.3, -0.25) is 9.59 Å². The molecular formula is C35H42BrNO4. The number of carbonyl (C=O) groups is 2. The molecule has 0 fully saturated rings. The fraction of sp³-hybridized carbons (Fsp3) is 0.486. The van der Waals surface area contributed by atoms with E-state index in [0.717, 1.165) is 63.9 Å². The highest BCUT2D eigenvalue weighted by Gasteiger charge is 2.49. The van der Waals surface area contributed by atoms with E-state index in [2.05, 4.69) is 86.6 Å². The Morgan fingerprint density at radius 1 is 0.902 bits per heavy atom. The topological polar surface area (TPSA) is 55.8 Å². The lowest BCUT2D eigenvalue weighted by Gasteiger charge is -2.49. The maximum atomic E-state index is 14.0. The molecular weight excluding hydrogens is 578 g/mol. The molecule has 5 nitrogen and oxygen atoms in total. The Labute approximate surface area is 253 Å². The van der Waals surface area contributed by atoms with Gasteiger partial charge in [0.2, 0.25) is 0 Å². The summed E-state index contributed by atoms with van der Waals surface area (Å²) in [6.45, 7) is 14.1. The third-order valence-electron chi connectivity index (χ3n) is 8.56. The third-order valence-corrected chi connectivity index (χ3v) is 9.15. The van der Waals surface area contributed by atoms with E-state index in [1.54, 1.807) is 7.11 Å². The van der Waals surface area contributed by atoms with Crippen molar-refractivity contribution in [3.8, 4) is 11.5 Å². The quantitative estimate of drug-likeness (QED) is 0.311. The summed E-state index contributed by atoms with van der Waals surface area (Å²) in [5.74, 6) is 1.05. The van der Waals surface area contributed by atoms with Crippen LogP contribution >= 0.6 is 15.9 Å². The molecule has 0 spiro atoms. The summed E-state index contributed by atoms with van der Waals surface area (Å²) in [6, 6.07) is 12.2. The Morgan fingerprint density at radius 3 is 1.98 bits per heavy atom. The van der Waals surface area contributed by atoms with E-state index in [1.807, 2.05) is 12.1 Å². The lowest BCUT2D eigenvalue weighted by atomic mass is 9.63. The van der Waals surface area contributed by atoms with Gasteiger partial charge in [0.25, 0.3) is 0 Å². The highest BCUT2D eigenvalue weighted by atomic mass is 79.9. The molecule has 0 N–H and O–H groups in total. The van der Waals surface area contributed by atoms with Gasteiger partial charge in [-0.15, -0.1) is 0 Å². The van der Waals surface area contributed by atoms with Crippen LogP contribution in [0.25, 0.3) is 0 Å². The normalized spacial score (nSPS) is 20.2. The number of hydrogen-bond donors (Lipinski definition) is 0. The summed E-state index contributed by atoms with van der Waals surface area (Å²) in [5.41, 5.74) is 6.63. The molecule has 0 saturated carbocycles. The summed E-state index contributed by atoms with van der Waals surface area (Å²) in [7, 11) is 1.63. The molecule has 2 aliphatic carbocycles. The van der Waals surface area contributed by atoms with Gasteiger partial charge in [-0.25, -0.2) is 0 Å². The standard InChI is InChI=1S/C35H42BrNO4/c1-8-13-37-25-16-34(3,4)18-27(38)31(25)30(32-26(37)17-35(5,6)19-28(32)39)23-14-24(36)33(29(15-23)40-7)41-20-22-11-9-21(2)10-12-22/h9-12,14-15,30H,8,13,16-20H2,1-7H3. The van der Waals surface area contributed by atoms with Gasteiger partial charge in [0, 0.05) is 47.8 Å². The van der Waals surface area contributed by atoms with Gasteiger partial charge >= 0.3 is 0 Å². The van der Waals surface area contributed by atoms with Crippen LogP contribution in [0.15, 0.2) is 63.4 Å². The zero-order chi connectivity index (χ0) is 29.7. The van der Waals surface area contributed by atoms with Crippen molar-refractivity contribution in [3.05, 3.63) is 80.1 Å². The van der Waals surface area contributed by atoms with Crippen LogP contribution in [0.4, 0.5) is 0 Å². The molecule has 1 aliphatic heterocycles. The van der Waals surface area contributed by atoms with Gasteiger partial charge in [0.1, 0.15) is 6.61 Å². The first-order valence-electron chi connectivity index (χ1n) is 14.7. The summed E-state index contributed by atoms with van der Waals surface area (Å²) >= 11 is 3.75. The average Bonchev–Trinajstić information content (AvgIpc) is 2.88. The molecule has 41 heavy (non-hydrogen) atoms. The Bertz CT molecular complexity index is 1390. The Balaban J connectivity index is 1.65. The van der Waals surface area contributed by atoms with E-state index < -0.39 is 5.92 Å². The average molecular weight is 621 g/mol. The summed E-state index contributed by atoms with van der Waals surface area (Å²) in [6.07, 6.45) is 3.51. The van der Waals surface area contributed by atoms with Gasteiger partial charge in [0.15, 0.2) is 23.1 Å². The smallest absolute Gasteiger partial charge is 0.175 e. The molecule has 0 atom stereocenters. The molecule has 3 aliphatic rings. The first-order valence-corrected chi connectivity index (χ1v) is 15.5. The SMILES string of the molecule is CCCN1C2=C(C(=O)CC(C)(C)C2)C(c2cc(Br)c(OCc3ccc(C)cc3)c(OC)c2)C2=C1CC(C)(C)CC2=O. The van der Waals surface area contributed by atoms with Crippen molar-refractivity contribution in [1.29, 1.82) is 0 Å². The van der Waals surface area contributed by atoms with E-state index in [-0.39, 0.29) is 22.4 Å². The lowest BCUT2D eigenvalue weighted by molar-refractivity contribution is -0.119. The number of halogens is 1. The van der Waals surface area contributed by atoms with Crippen molar-refractivity contribution in [2.45, 2.75) is 86.2 Å². The predicted octanol–water partition coefficient (Wildman–Crippen LogP) is 8.44. The molecule has 2 aromatic carbocycles. The van der Waals surface area contributed by atoms with Gasteiger partial charge in [-0.05, 0) is 76.2 Å². The molecule has 2 aromatic rings. The number of allylic oxidation sites excluding steroid dienone is 4. The van der Waals surface area contributed by atoms with Crippen LogP contribution in [0.2, 0.25) is 0 Å². The van der Waals surface area contributed by atoms with Crippen molar-refractivity contribution in [2.24, 2.45) is 10.8 Å². The number of methoxy groups -OCH3 is 1. The first kappa shape index (κ1) is 29.6. The number of carbonyl (C=O) groups excluding carboxylic acids is 2. The van der Waals surface area contributed by atoms with Crippen molar-refractivity contribution >= 4 is 27.5 Å². The molecule has 0 unspecified atom stereocenters. The van der Waals surface area contributed by atoms with Crippen LogP contribution in [0.1, 0.15) is 89.3 Å². The summed E-state index contributed by atoms with van der Waals surface area (Å²) in [5, 5.41) is 0. The third kappa shape index (κ3) is 5.77. The number of aryl methyl sites for hydroxylation is 1. The van der Waals surface area contributed by atoms with Gasteiger partial charge in [0.05, 0.1) is 11.6 Å². The van der Waals surface area contributed by atoms with Crippen LogP contribution in [-0.4, -0.2) is 30.1 Å². The Hall–Kier alpha value is -2.86. The number of ketones is 2. The van der Waals surface area contributed by atoms with Crippen LogP contribution in [0, 0.1) is 17.8 Å². The molecule has 0 amide bonds. The van der Waals surface area contributed by atoms with Crippen molar-refractivity contribution in [3.63, 3.8) is 0 Å². The molecule has 218 valence electrons. The monoisotopic (exact) mass is 619 g/mol. The number of nitrogens with zero attached hydrogens (tertiary/aromatic N) is 1. The van der Waals surface area contributed by atoms with Gasteiger partial charge in [-0.2, -0.15) is 0 Å². The van der Waals surface area contributed by atoms with Crippen LogP contribution in [0.3, 0.4) is 0 Å². The largest absolute Gasteiger partial charge is 0.493 e. The second-order valence-corrected chi connectivity index (χ2v) is 14.3. The van der Waals surface area contributed by atoms with E-state index in [1.165, 1.54) is 5.56 Å². The molecule has 1 heterocycles. The number of benzene rings is 2. The minimum atomic E-state index is -0.420. The zero-order valence-electron chi connectivity index (χ0n) is 25.4.